The molecule has 0 bridgehead atoms. The standard InChI is InChI=1S/C22H22O5/c1-25-18-11-9-15(10-12-18)17-13-19(16-7-5-4-6-8-16)22(14-17,20(23)26-2)21(24)27-3/h4-13,17H,14H2,1-3H3. The van der Waals surface area contributed by atoms with Crippen LogP contribution in [0.4, 0.5) is 0 Å². The Hall–Kier alpha value is -3.08. The van der Waals surface area contributed by atoms with E-state index in [1.54, 1.807) is 7.11 Å². The Morgan fingerprint density at radius 3 is 2.00 bits per heavy atom. The summed E-state index contributed by atoms with van der Waals surface area (Å²) < 4.78 is 15.3. The minimum atomic E-state index is -1.49. The predicted molar refractivity (Wildman–Crippen MR) is 101 cm³/mol. The molecule has 5 heteroatoms. The molecule has 0 N–H and O–H groups in total. The molecule has 1 aliphatic rings. The molecule has 5 nitrogen and oxygen atoms in total. The highest BCUT2D eigenvalue weighted by molar-refractivity contribution is 6.13. The SMILES string of the molecule is COC(=O)C1(C(=O)OC)CC(c2ccc(OC)cc2)C=C1c1ccccc1. The maximum absolute atomic E-state index is 12.8. The fourth-order valence-corrected chi connectivity index (χ4v) is 3.69. The molecule has 3 rings (SSSR count). The lowest BCUT2D eigenvalue weighted by atomic mass is 9.76. The Labute approximate surface area is 158 Å². The molecule has 0 radical (unpaired) electrons. The Morgan fingerprint density at radius 2 is 1.48 bits per heavy atom. The predicted octanol–water partition coefficient (Wildman–Crippen LogP) is 3.60. The van der Waals surface area contributed by atoms with Crippen LogP contribution < -0.4 is 4.74 Å². The zero-order chi connectivity index (χ0) is 19.4. The van der Waals surface area contributed by atoms with Gasteiger partial charge in [0.15, 0.2) is 5.41 Å². The van der Waals surface area contributed by atoms with Crippen molar-refractivity contribution in [1.82, 2.24) is 0 Å². The van der Waals surface area contributed by atoms with E-state index in [2.05, 4.69) is 0 Å². The molecule has 1 unspecified atom stereocenters. The van der Waals surface area contributed by atoms with Gasteiger partial charge in [0, 0.05) is 5.92 Å². The van der Waals surface area contributed by atoms with E-state index in [9.17, 15) is 9.59 Å². The molecule has 0 saturated carbocycles. The molecule has 2 aromatic carbocycles. The molecule has 0 aromatic heterocycles. The van der Waals surface area contributed by atoms with Crippen LogP contribution in [-0.2, 0) is 19.1 Å². The Bertz CT molecular complexity index is 836. The monoisotopic (exact) mass is 366 g/mol. The summed E-state index contributed by atoms with van der Waals surface area (Å²) in [5, 5.41) is 0. The Kier molecular flexibility index (Phi) is 5.31. The molecule has 0 heterocycles. The molecule has 0 fully saturated rings. The van der Waals surface area contributed by atoms with Gasteiger partial charge in [-0.15, -0.1) is 0 Å². The molecule has 0 spiro atoms. The van der Waals surface area contributed by atoms with Gasteiger partial charge in [-0.3, -0.25) is 9.59 Å². The first-order valence-electron chi connectivity index (χ1n) is 8.65. The summed E-state index contributed by atoms with van der Waals surface area (Å²) in [7, 11) is 4.18. The number of allylic oxidation sites excluding steroid dienone is 1. The third kappa shape index (κ3) is 3.21. The first kappa shape index (κ1) is 18.7. The second-order valence-electron chi connectivity index (χ2n) is 6.42. The minimum absolute atomic E-state index is 0.135. The van der Waals surface area contributed by atoms with E-state index in [4.69, 9.17) is 14.2 Å². The van der Waals surface area contributed by atoms with Gasteiger partial charge in [0.2, 0.25) is 0 Å². The lowest BCUT2D eigenvalue weighted by Gasteiger charge is -2.27. The molecule has 0 amide bonds. The maximum Gasteiger partial charge on any atom is 0.327 e. The van der Waals surface area contributed by atoms with Crippen molar-refractivity contribution in [3.05, 3.63) is 71.8 Å². The molecule has 0 aliphatic heterocycles. The van der Waals surface area contributed by atoms with Gasteiger partial charge >= 0.3 is 11.9 Å². The average Bonchev–Trinajstić information content (AvgIpc) is 3.15. The van der Waals surface area contributed by atoms with Crippen LogP contribution in [0.2, 0.25) is 0 Å². The van der Waals surface area contributed by atoms with Crippen molar-refractivity contribution in [3.63, 3.8) is 0 Å². The summed E-state index contributed by atoms with van der Waals surface area (Å²) in [5.41, 5.74) is 0.904. The van der Waals surface area contributed by atoms with E-state index >= 15 is 0 Å². The lowest BCUT2D eigenvalue weighted by molar-refractivity contribution is -0.164. The lowest BCUT2D eigenvalue weighted by Crippen LogP contribution is -2.41. The minimum Gasteiger partial charge on any atom is -0.497 e. The number of ether oxygens (including phenoxy) is 3. The van der Waals surface area contributed by atoms with Crippen LogP contribution >= 0.6 is 0 Å². The van der Waals surface area contributed by atoms with Crippen molar-refractivity contribution in [1.29, 1.82) is 0 Å². The summed E-state index contributed by atoms with van der Waals surface area (Å²) in [5.74, 6) is -0.610. The van der Waals surface area contributed by atoms with E-state index in [1.165, 1.54) is 14.2 Å². The van der Waals surface area contributed by atoms with Crippen molar-refractivity contribution >= 4 is 17.5 Å². The molecule has 140 valence electrons. The number of hydrogen-bond acceptors (Lipinski definition) is 5. The van der Waals surface area contributed by atoms with Crippen molar-refractivity contribution in [3.8, 4) is 5.75 Å². The number of hydrogen-bond donors (Lipinski definition) is 0. The highest BCUT2D eigenvalue weighted by Gasteiger charge is 2.56. The number of carbonyl (C=O) groups is 2. The molecule has 2 aromatic rings. The second-order valence-corrected chi connectivity index (χ2v) is 6.42. The van der Waals surface area contributed by atoms with Crippen LogP contribution in [-0.4, -0.2) is 33.3 Å². The third-order valence-electron chi connectivity index (χ3n) is 5.05. The molecule has 1 atom stereocenters. The zero-order valence-electron chi connectivity index (χ0n) is 15.6. The quantitative estimate of drug-likeness (QED) is 0.598. The summed E-state index contributed by atoms with van der Waals surface area (Å²) in [6.07, 6.45) is 2.22. The summed E-state index contributed by atoms with van der Waals surface area (Å²) in [6, 6.07) is 17.0. The average molecular weight is 366 g/mol. The first-order valence-corrected chi connectivity index (χ1v) is 8.65. The van der Waals surface area contributed by atoms with Crippen LogP contribution in [0.3, 0.4) is 0 Å². The maximum atomic E-state index is 12.8. The van der Waals surface area contributed by atoms with Crippen LogP contribution in [0, 0.1) is 5.41 Å². The van der Waals surface area contributed by atoms with E-state index in [1.807, 2.05) is 60.7 Å². The fraction of sp³-hybridized carbons (Fsp3) is 0.273. The molecule has 0 saturated heterocycles. The van der Waals surface area contributed by atoms with E-state index in [0.29, 0.717) is 5.57 Å². The van der Waals surface area contributed by atoms with Gasteiger partial charge in [-0.05, 0) is 35.3 Å². The van der Waals surface area contributed by atoms with Crippen molar-refractivity contribution < 1.29 is 23.8 Å². The van der Waals surface area contributed by atoms with Gasteiger partial charge in [0.05, 0.1) is 21.3 Å². The van der Waals surface area contributed by atoms with Gasteiger partial charge in [-0.2, -0.15) is 0 Å². The number of methoxy groups -OCH3 is 3. The summed E-state index contributed by atoms with van der Waals surface area (Å²) >= 11 is 0. The summed E-state index contributed by atoms with van der Waals surface area (Å²) in [6.45, 7) is 0. The van der Waals surface area contributed by atoms with Crippen molar-refractivity contribution in [2.45, 2.75) is 12.3 Å². The normalized spacial score (nSPS) is 17.7. The highest BCUT2D eigenvalue weighted by Crippen LogP contribution is 2.52. The fourth-order valence-electron chi connectivity index (χ4n) is 3.69. The zero-order valence-corrected chi connectivity index (χ0v) is 15.6. The van der Waals surface area contributed by atoms with E-state index in [0.717, 1.165) is 16.9 Å². The molecular formula is C22H22O5. The summed E-state index contributed by atoms with van der Waals surface area (Å²) in [4.78, 5) is 25.6. The smallest absolute Gasteiger partial charge is 0.327 e. The van der Waals surface area contributed by atoms with Gasteiger partial charge in [-0.1, -0.05) is 48.5 Å². The van der Waals surface area contributed by atoms with Crippen molar-refractivity contribution in [2.75, 3.05) is 21.3 Å². The first-order chi connectivity index (χ1) is 13.1. The van der Waals surface area contributed by atoms with E-state index < -0.39 is 17.4 Å². The second kappa shape index (κ2) is 7.66. The van der Waals surface area contributed by atoms with Crippen LogP contribution in [0.15, 0.2) is 60.7 Å². The molecule has 1 aliphatic carbocycles. The molecular weight excluding hydrogens is 344 g/mol. The van der Waals surface area contributed by atoms with Gasteiger partial charge in [0.25, 0.3) is 0 Å². The van der Waals surface area contributed by atoms with Gasteiger partial charge in [0.1, 0.15) is 5.75 Å². The highest BCUT2D eigenvalue weighted by atomic mass is 16.5. The largest absolute Gasteiger partial charge is 0.497 e. The van der Waals surface area contributed by atoms with Crippen LogP contribution in [0.1, 0.15) is 23.5 Å². The van der Waals surface area contributed by atoms with Gasteiger partial charge < -0.3 is 14.2 Å². The number of esters is 2. The number of carbonyl (C=O) groups excluding carboxylic acids is 2. The van der Waals surface area contributed by atoms with E-state index in [-0.39, 0.29) is 12.3 Å². The van der Waals surface area contributed by atoms with Crippen LogP contribution in [0.25, 0.3) is 5.57 Å². The number of rotatable bonds is 5. The van der Waals surface area contributed by atoms with Gasteiger partial charge in [-0.25, -0.2) is 0 Å². The third-order valence-corrected chi connectivity index (χ3v) is 5.05. The van der Waals surface area contributed by atoms with Crippen LogP contribution in [0.5, 0.6) is 5.75 Å². The topological polar surface area (TPSA) is 61.8 Å². The Balaban J connectivity index is 2.13. The molecule has 27 heavy (non-hydrogen) atoms. The number of benzene rings is 2. The Morgan fingerprint density at radius 1 is 0.889 bits per heavy atom. The van der Waals surface area contributed by atoms with Crippen molar-refractivity contribution in [2.24, 2.45) is 5.41 Å².